The van der Waals surface area contributed by atoms with E-state index in [1.54, 1.807) is 0 Å². The van der Waals surface area contributed by atoms with E-state index >= 15 is 0 Å². The van der Waals surface area contributed by atoms with Crippen LogP contribution < -0.4 is 10.2 Å². The van der Waals surface area contributed by atoms with Crippen LogP contribution in [-0.2, 0) is 19.4 Å². The third-order valence-corrected chi connectivity index (χ3v) is 6.53. The zero-order valence-corrected chi connectivity index (χ0v) is 17.3. The summed E-state index contributed by atoms with van der Waals surface area (Å²) in [4.78, 5) is 19.5. The molecule has 1 N–H and O–H groups in total. The van der Waals surface area contributed by atoms with Crippen molar-refractivity contribution in [2.24, 2.45) is 0 Å². The average Bonchev–Trinajstić information content (AvgIpc) is 3.30. The van der Waals surface area contributed by atoms with Crippen LogP contribution >= 0.6 is 0 Å². The van der Waals surface area contributed by atoms with Gasteiger partial charge >= 0.3 is 0 Å². The smallest absolute Gasteiger partial charge is 0.225 e. The van der Waals surface area contributed by atoms with E-state index in [-0.39, 0.29) is 0 Å². The van der Waals surface area contributed by atoms with Gasteiger partial charge in [-0.1, -0.05) is 18.9 Å². The van der Waals surface area contributed by atoms with E-state index in [2.05, 4.69) is 32.2 Å². The Bertz CT molecular complexity index is 816. The minimum absolute atomic E-state index is 0.412. The Kier molecular flexibility index (Phi) is 5.61. The second kappa shape index (κ2) is 8.66. The van der Waals surface area contributed by atoms with E-state index in [0.717, 1.165) is 63.6 Å². The van der Waals surface area contributed by atoms with Crippen molar-refractivity contribution in [1.29, 1.82) is 0 Å². The number of likely N-dealkylation sites (tertiary alicyclic amines) is 1. The molecule has 154 valence electrons. The topological polar surface area (TPSA) is 57.2 Å². The largest absolute Gasteiger partial charge is 0.356 e. The standard InChI is InChI=1S/C23H32N6/c1-2-6-14-29(13-5-1)22-20-9-7-10-21(20)26-23(27-22)25-19-11-15-28(17-19)16-18-8-3-4-12-24-18/h3-4,8,12,19H,1-2,5-7,9-11,13-17H2,(H,25,26,27)/t19-/m0/s1. The molecule has 29 heavy (non-hydrogen) atoms. The first-order valence-electron chi connectivity index (χ1n) is 11.4. The van der Waals surface area contributed by atoms with Gasteiger partial charge in [-0.2, -0.15) is 4.98 Å². The highest BCUT2D eigenvalue weighted by molar-refractivity contribution is 5.54. The van der Waals surface area contributed by atoms with Crippen molar-refractivity contribution in [3.05, 3.63) is 41.3 Å². The molecule has 5 rings (SSSR count). The van der Waals surface area contributed by atoms with Crippen LogP contribution in [0.25, 0.3) is 0 Å². The van der Waals surface area contributed by atoms with Gasteiger partial charge in [0.1, 0.15) is 5.82 Å². The predicted molar refractivity (Wildman–Crippen MR) is 116 cm³/mol. The molecule has 0 saturated carbocycles. The fourth-order valence-corrected chi connectivity index (χ4v) is 5.02. The van der Waals surface area contributed by atoms with Crippen molar-refractivity contribution < 1.29 is 0 Å². The molecule has 2 aromatic rings. The van der Waals surface area contributed by atoms with Crippen LogP contribution in [0, 0.1) is 0 Å². The number of hydrogen-bond donors (Lipinski definition) is 1. The van der Waals surface area contributed by atoms with E-state index in [9.17, 15) is 0 Å². The molecular weight excluding hydrogens is 360 g/mol. The Morgan fingerprint density at radius 3 is 2.69 bits per heavy atom. The fourth-order valence-electron chi connectivity index (χ4n) is 5.02. The Balaban J connectivity index is 1.28. The minimum Gasteiger partial charge on any atom is -0.356 e. The van der Waals surface area contributed by atoms with Crippen LogP contribution in [0.2, 0.25) is 0 Å². The van der Waals surface area contributed by atoms with Gasteiger partial charge in [0.25, 0.3) is 0 Å². The van der Waals surface area contributed by atoms with Gasteiger partial charge in [0.05, 0.1) is 11.4 Å². The maximum Gasteiger partial charge on any atom is 0.225 e. The van der Waals surface area contributed by atoms with Gasteiger partial charge in [0.15, 0.2) is 0 Å². The first-order chi connectivity index (χ1) is 14.3. The maximum atomic E-state index is 5.06. The van der Waals surface area contributed by atoms with E-state index < -0.39 is 0 Å². The lowest BCUT2D eigenvalue weighted by Gasteiger charge is -2.25. The van der Waals surface area contributed by atoms with Crippen molar-refractivity contribution in [3.8, 4) is 0 Å². The Labute approximate surface area is 173 Å². The number of fused-ring (bicyclic) bond motifs is 1. The van der Waals surface area contributed by atoms with Gasteiger partial charge in [0.2, 0.25) is 5.95 Å². The molecular formula is C23H32N6. The first-order valence-corrected chi connectivity index (χ1v) is 11.4. The van der Waals surface area contributed by atoms with Crippen LogP contribution in [0.3, 0.4) is 0 Å². The van der Waals surface area contributed by atoms with Crippen LogP contribution in [-0.4, -0.2) is 52.1 Å². The molecule has 6 nitrogen and oxygen atoms in total. The molecule has 0 bridgehead atoms. The monoisotopic (exact) mass is 392 g/mol. The van der Waals surface area contributed by atoms with Crippen molar-refractivity contribution >= 4 is 11.8 Å². The second-order valence-corrected chi connectivity index (χ2v) is 8.74. The molecule has 2 aliphatic heterocycles. The van der Waals surface area contributed by atoms with Gasteiger partial charge in [-0.3, -0.25) is 9.88 Å². The third kappa shape index (κ3) is 4.37. The average molecular weight is 393 g/mol. The lowest BCUT2D eigenvalue weighted by molar-refractivity contribution is 0.324. The fraction of sp³-hybridized carbons (Fsp3) is 0.609. The molecule has 2 aromatic heterocycles. The molecule has 3 aliphatic rings. The van der Waals surface area contributed by atoms with Crippen LogP contribution in [0.4, 0.5) is 11.8 Å². The van der Waals surface area contributed by atoms with Crippen LogP contribution in [0.1, 0.15) is 55.5 Å². The number of anilines is 2. The molecule has 1 atom stereocenters. The Morgan fingerprint density at radius 2 is 1.86 bits per heavy atom. The number of pyridine rings is 1. The predicted octanol–water partition coefficient (Wildman–Crippen LogP) is 3.43. The summed E-state index contributed by atoms with van der Waals surface area (Å²) in [6, 6.07) is 6.56. The summed E-state index contributed by atoms with van der Waals surface area (Å²) in [5, 5.41) is 3.67. The van der Waals surface area contributed by atoms with E-state index in [1.165, 1.54) is 49.2 Å². The number of rotatable bonds is 5. The summed E-state index contributed by atoms with van der Waals surface area (Å²) in [5.41, 5.74) is 3.84. The number of aryl methyl sites for hydroxylation is 1. The molecule has 6 heteroatoms. The van der Waals surface area contributed by atoms with Crippen LogP contribution in [0.15, 0.2) is 24.4 Å². The van der Waals surface area contributed by atoms with E-state index in [0.29, 0.717) is 6.04 Å². The highest BCUT2D eigenvalue weighted by Crippen LogP contribution is 2.31. The Morgan fingerprint density at radius 1 is 0.966 bits per heavy atom. The molecule has 1 aliphatic carbocycles. The molecule has 2 fully saturated rings. The Hall–Kier alpha value is -2.21. The number of hydrogen-bond acceptors (Lipinski definition) is 6. The molecule has 0 radical (unpaired) electrons. The highest BCUT2D eigenvalue weighted by Gasteiger charge is 2.27. The number of nitrogens with zero attached hydrogens (tertiary/aromatic N) is 5. The quantitative estimate of drug-likeness (QED) is 0.841. The summed E-state index contributed by atoms with van der Waals surface area (Å²) in [5.74, 6) is 2.06. The summed E-state index contributed by atoms with van der Waals surface area (Å²) in [7, 11) is 0. The first kappa shape index (κ1) is 18.8. The van der Waals surface area contributed by atoms with Crippen molar-refractivity contribution in [1.82, 2.24) is 19.9 Å². The van der Waals surface area contributed by atoms with Gasteiger partial charge < -0.3 is 10.2 Å². The molecule has 0 aromatic carbocycles. The van der Waals surface area contributed by atoms with E-state index in [4.69, 9.17) is 9.97 Å². The van der Waals surface area contributed by atoms with Gasteiger partial charge in [0, 0.05) is 50.5 Å². The highest BCUT2D eigenvalue weighted by atomic mass is 15.3. The third-order valence-electron chi connectivity index (χ3n) is 6.53. The second-order valence-electron chi connectivity index (χ2n) is 8.74. The van der Waals surface area contributed by atoms with Crippen molar-refractivity contribution in [2.75, 3.05) is 36.4 Å². The van der Waals surface area contributed by atoms with Gasteiger partial charge in [-0.25, -0.2) is 4.98 Å². The zero-order valence-electron chi connectivity index (χ0n) is 17.3. The molecule has 0 amide bonds. The van der Waals surface area contributed by atoms with Crippen LogP contribution in [0.5, 0.6) is 0 Å². The summed E-state index contributed by atoms with van der Waals surface area (Å²) in [6.07, 6.45) is 11.7. The molecule has 2 saturated heterocycles. The normalized spacial score (nSPS) is 22.5. The molecule has 4 heterocycles. The van der Waals surface area contributed by atoms with Crippen molar-refractivity contribution in [2.45, 2.75) is 64.0 Å². The number of aromatic nitrogens is 3. The van der Waals surface area contributed by atoms with Gasteiger partial charge in [-0.15, -0.1) is 0 Å². The summed E-state index contributed by atoms with van der Waals surface area (Å²) < 4.78 is 0. The van der Waals surface area contributed by atoms with E-state index in [1.807, 2.05) is 12.3 Å². The minimum atomic E-state index is 0.412. The summed E-state index contributed by atoms with van der Waals surface area (Å²) in [6.45, 7) is 5.33. The lowest BCUT2D eigenvalue weighted by Crippen LogP contribution is -2.29. The SMILES string of the molecule is c1ccc(CN2CC[C@H](Nc3nc4c(c(N5CCCCCC5)n3)CCC4)C2)nc1. The molecule has 0 spiro atoms. The van der Waals surface area contributed by atoms with Gasteiger partial charge in [-0.05, 0) is 50.7 Å². The van der Waals surface area contributed by atoms with Crippen molar-refractivity contribution in [3.63, 3.8) is 0 Å². The molecule has 0 unspecified atom stereocenters. The lowest BCUT2D eigenvalue weighted by atomic mass is 10.2. The zero-order chi connectivity index (χ0) is 19.5. The maximum absolute atomic E-state index is 5.06. The summed E-state index contributed by atoms with van der Waals surface area (Å²) >= 11 is 0. The number of nitrogens with one attached hydrogen (secondary N) is 1.